The van der Waals surface area contributed by atoms with E-state index in [1.807, 2.05) is 0 Å². The van der Waals surface area contributed by atoms with Gasteiger partial charge in [-0.25, -0.2) is 13.2 Å². The summed E-state index contributed by atoms with van der Waals surface area (Å²) in [7, 11) is -3.62. The number of carbonyl (C=O) groups excluding carboxylic acids is 2. The van der Waals surface area contributed by atoms with E-state index in [1.54, 1.807) is 19.1 Å². The summed E-state index contributed by atoms with van der Waals surface area (Å²) in [5.41, 5.74) is 0.136. The number of benzene rings is 1. The largest absolute Gasteiger partial charge is 0.490 e. The van der Waals surface area contributed by atoms with E-state index in [9.17, 15) is 23.3 Å². The zero-order chi connectivity index (χ0) is 24.7. The molecule has 0 unspecified atom stereocenters. The molecule has 0 saturated heterocycles. The van der Waals surface area contributed by atoms with Crippen LogP contribution in [0.1, 0.15) is 30.0 Å². The second-order valence-corrected chi connectivity index (χ2v) is 9.34. The topological polar surface area (TPSA) is 161 Å². The Kier molecular flexibility index (Phi) is 7.77. The number of rotatable bonds is 9. The maximum atomic E-state index is 12.5. The number of nitrogens with zero attached hydrogens (tertiary/aromatic N) is 3. The van der Waals surface area contributed by atoms with Crippen molar-refractivity contribution in [3.05, 3.63) is 53.5 Å². The molecule has 34 heavy (non-hydrogen) atoms. The van der Waals surface area contributed by atoms with Crippen LogP contribution in [-0.2, 0) is 14.6 Å². The summed E-state index contributed by atoms with van der Waals surface area (Å²) in [6.45, 7) is 3.46. The van der Waals surface area contributed by atoms with Crippen LogP contribution < -0.4 is 14.8 Å². The summed E-state index contributed by atoms with van der Waals surface area (Å²) in [5.74, 6) is -1.34. The Hall–Kier alpha value is -4.02. The molecule has 0 radical (unpaired) electrons. The van der Waals surface area contributed by atoms with Crippen molar-refractivity contribution in [2.24, 2.45) is 0 Å². The van der Waals surface area contributed by atoms with Gasteiger partial charge in [0.15, 0.2) is 11.5 Å². The third-order valence-electron chi connectivity index (χ3n) is 4.15. The minimum atomic E-state index is -3.62. The van der Waals surface area contributed by atoms with Crippen molar-refractivity contribution in [2.45, 2.75) is 19.0 Å². The van der Waals surface area contributed by atoms with Gasteiger partial charge in [0.2, 0.25) is 20.7 Å². The first-order valence-electron chi connectivity index (χ1n) is 9.79. The number of hydrogen-bond donors (Lipinski definition) is 1. The highest BCUT2D eigenvalue weighted by Gasteiger charge is 2.20. The molecule has 0 aliphatic heterocycles. The molecule has 1 amide bonds. The Morgan fingerprint density at radius 1 is 1.26 bits per heavy atom. The number of nitrogens with one attached hydrogen (secondary N) is 1. The average molecular weight is 503 g/mol. The number of aromatic nitrogens is 2. The lowest BCUT2D eigenvalue weighted by Gasteiger charge is -2.11. The van der Waals surface area contributed by atoms with Gasteiger partial charge in [0.05, 0.1) is 18.6 Å². The van der Waals surface area contributed by atoms with Crippen LogP contribution in [0.15, 0.2) is 51.7 Å². The van der Waals surface area contributed by atoms with Gasteiger partial charge < -0.3 is 13.9 Å². The Morgan fingerprint density at radius 3 is 2.71 bits per heavy atom. The van der Waals surface area contributed by atoms with Crippen LogP contribution >= 0.6 is 11.5 Å². The SMILES string of the molecule is CCOc1cc(C=C(C#N)C(=O)Nc2nc(S(=O)(=O)CC)ns2)ccc1OC(=O)c1ccco1. The molecule has 0 spiro atoms. The molecule has 0 atom stereocenters. The van der Waals surface area contributed by atoms with E-state index in [0.29, 0.717) is 17.1 Å². The highest BCUT2D eigenvalue weighted by atomic mass is 32.2. The first-order chi connectivity index (χ1) is 16.3. The molecule has 11 nitrogen and oxygen atoms in total. The zero-order valence-electron chi connectivity index (χ0n) is 18.0. The summed E-state index contributed by atoms with van der Waals surface area (Å²) in [6.07, 6.45) is 2.63. The maximum absolute atomic E-state index is 12.5. The lowest BCUT2D eigenvalue weighted by Crippen LogP contribution is -2.14. The van der Waals surface area contributed by atoms with Crippen LogP contribution in [0.3, 0.4) is 0 Å². The van der Waals surface area contributed by atoms with Gasteiger partial charge in [-0.3, -0.25) is 10.1 Å². The van der Waals surface area contributed by atoms with Gasteiger partial charge in [-0.15, -0.1) is 0 Å². The number of hydrogen-bond acceptors (Lipinski definition) is 11. The molecule has 3 aromatic rings. The molecule has 0 bridgehead atoms. The fourth-order valence-electron chi connectivity index (χ4n) is 2.51. The molecule has 13 heteroatoms. The van der Waals surface area contributed by atoms with Gasteiger partial charge in [-0.1, -0.05) is 13.0 Å². The van der Waals surface area contributed by atoms with E-state index in [-0.39, 0.29) is 45.5 Å². The van der Waals surface area contributed by atoms with Crippen molar-refractivity contribution in [3.8, 4) is 17.6 Å². The van der Waals surface area contributed by atoms with E-state index >= 15 is 0 Å². The standard InChI is InChI=1S/C21H18N4O7S2/c1-3-30-17-11-13(7-8-15(17)32-19(27)16-6-5-9-31-16)10-14(12-22)18(26)23-20-24-21(25-33-20)34(28,29)4-2/h5-11H,3-4H2,1-2H3,(H,23,24,25,26). The van der Waals surface area contributed by atoms with E-state index < -0.39 is 21.7 Å². The molecule has 1 N–H and O–H groups in total. The van der Waals surface area contributed by atoms with E-state index in [0.717, 1.165) is 0 Å². The Balaban J connectivity index is 1.80. The first kappa shape index (κ1) is 24.6. The number of furan rings is 1. The minimum Gasteiger partial charge on any atom is -0.490 e. The average Bonchev–Trinajstić information content (AvgIpc) is 3.52. The quantitative estimate of drug-likeness (QED) is 0.199. The number of anilines is 1. The zero-order valence-corrected chi connectivity index (χ0v) is 19.6. The van der Waals surface area contributed by atoms with Crippen molar-refractivity contribution < 1.29 is 31.9 Å². The summed E-state index contributed by atoms with van der Waals surface area (Å²) >= 11 is 0.685. The molecular formula is C21H18N4O7S2. The van der Waals surface area contributed by atoms with Crippen molar-refractivity contribution in [2.75, 3.05) is 17.7 Å². The number of amides is 1. The summed E-state index contributed by atoms with van der Waals surface area (Å²) in [4.78, 5) is 28.5. The summed E-state index contributed by atoms with van der Waals surface area (Å²) in [6, 6.07) is 9.26. The van der Waals surface area contributed by atoms with E-state index in [2.05, 4.69) is 14.7 Å². The molecule has 0 aliphatic rings. The third-order valence-corrected chi connectivity index (χ3v) is 6.40. The van der Waals surface area contributed by atoms with Crippen molar-refractivity contribution in [3.63, 3.8) is 0 Å². The third kappa shape index (κ3) is 5.85. The Labute approximate surface area is 198 Å². The van der Waals surface area contributed by atoms with Gasteiger partial charge in [-0.2, -0.15) is 14.6 Å². The molecule has 1 aromatic carbocycles. The molecule has 176 valence electrons. The highest BCUT2D eigenvalue weighted by Crippen LogP contribution is 2.30. The van der Waals surface area contributed by atoms with E-state index in [1.165, 1.54) is 43.5 Å². The molecule has 0 fully saturated rings. The smallest absolute Gasteiger partial charge is 0.379 e. The van der Waals surface area contributed by atoms with Crippen molar-refractivity contribution >= 4 is 44.5 Å². The predicted molar refractivity (Wildman–Crippen MR) is 121 cm³/mol. The van der Waals surface area contributed by atoms with Crippen LogP contribution in [0.5, 0.6) is 11.5 Å². The Bertz CT molecular complexity index is 1370. The first-order valence-corrected chi connectivity index (χ1v) is 12.2. The van der Waals surface area contributed by atoms with Gasteiger partial charge in [-0.05, 0) is 42.8 Å². The van der Waals surface area contributed by atoms with E-state index in [4.69, 9.17) is 13.9 Å². The summed E-state index contributed by atoms with van der Waals surface area (Å²) < 4.78 is 43.2. The number of carbonyl (C=O) groups is 2. The maximum Gasteiger partial charge on any atom is 0.379 e. The monoisotopic (exact) mass is 502 g/mol. The number of nitriles is 1. The fourth-order valence-corrected chi connectivity index (χ4v) is 4.09. The molecule has 2 aromatic heterocycles. The van der Waals surface area contributed by atoms with Crippen LogP contribution in [0, 0.1) is 11.3 Å². The second kappa shape index (κ2) is 10.7. The second-order valence-electron chi connectivity index (χ2n) is 6.42. The predicted octanol–water partition coefficient (Wildman–Crippen LogP) is 3.09. The van der Waals surface area contributed by atoms with Crippen LogP contribution in [0.4, 0.5) is 5.13 Å². The number of ether oxygens (including phenoxy) is 2. The minimum absolute atomic E-state index is 0.0152. The fraction of sp³-hybridized carbons (Fsp3) is 0.190. The van der Waals surface area contributed by atoms with Crippen LogP contribution in [-0.4, -0.2) is 42.0 Å². The number of esters is 1. The lowest BCUT2D eigenvalue weighted by molar-refractivity contribution is -0.112. The van der Waals surface area contributed by atoms with Gasteiger partial charge in [0.25, 0.3) is 11.1 Å². The van der Waals surface area contributed by atoms with Gasteiger partial charge in [0, 0.05) is 11.5 Å². The van der Waals surface area contributed by atoms with Crippen molar-refractivity contribution in [1.82, 2.24) is 9.36 Å². The van der Waals surface area contributed by atoms with Gasteiger partial charge >= 0.3 is 5.97 Å². The Morgan fingerprint density at radius 2 is 2.06 bits per heavy atom. The van der Waals surface area contributed by atoms with Gasteiger partial charge in [0.1, 0.15) is 11.6 Å². The molecule has 2 heterocycles. The van der Waals surface area contributed by atoms with Crippen LogP contribution in [0.2, 0.25) is 0 Å². The number of sulfone groups is 1. The van der Waals surface area contributed by atoms with Crippen molar-refractivity contribution in [1.29, 1.82) is 5.26 Å². The normalized spacial score (nSPS) is 11.5. The molecular weight excluding hydrogens is 484 g/mol. The molecule has 3 rings (SSSR count). The molecule has 0 saturated carbocycles. The lowest BCUT2D eigenvalue weighted by atomic mass is 10.1. The van der Waals surface area contributed by atoms with Crippen LogP contribution in [0.25, 0.3) is 6.08 Å². The molecule has 0 aliphatic carbocycles. The summed E-state index contributed by atoms with van der Waals surface area (Å²) in [5, 5.41) is 11.4. The highest BCUT2D eigenvalue weighted by molar-refractivity contribution is 7.91.